The molecule has 4 heterocycles. The number of hydrogen-bond acceptors (Lipinski definition) is 7. The van der Waals surface area contributed by atoms with Crippen LogP contribution in [0.2, 0.25) is 0 Å². The molecular formula is C12H13N7S. The minimum atomic E-state index is 0.321. The van der Waals surface area contributed by atoms with Crippen molar-refractivity contribution in [1.82, 2.24) is 24.7 Å². The molecule has 1 aliphatic rings. The third kappa shape index (κ3) is 1.72. The van der Waals surface area contributed by atoms with Crippen LogP contribution >= 0.6 is 11.3 Å². The summed E-state index contributed by atoms with van der Waals surface area (Å²) in [5.41, 5.74) is 5.84. The Morgan fingerprint density at radius 2 is 2.20 bits per heavy atom. The van der Waals surface area contributed by atoms with E-state index in [0.29, 0.717) is 12.5 Å². The normalized spacial score (nSPS) is 14.8. The third-order valence-corrected chi connectivity index (χ3v) is 4.40. The molecule has 4 rings (SSSR count). The molecule has 0 aliphatic carbocycles. The van der Waals surface area contributed by atoms with Gasteiger partial charge in [-0.3, -0.25) is 0 Å². The van der Waals surface area contributed by atoms with Crippen LogP contribution in [-0.4, -0.2) is 31.3 Å². The average molecular weight is 287 g/mol. The van der Waals surface area contributed by atoms with Crippen LogP contribution in [0.15, 0.2) is 12.4 Å². The van der Waals surface area contributed by atoms with Gasteiger partial charge in [0, 0.05) is 18.0 Å². The molecule has 0 radical (unpaired) electrons. The van der Waals surface area contributed by atoms with Crippen molar-refractivity contribution in [2.75, 3.05) is 17.2 Å². The number of aromatic nitrogens is 5. The lowest BCUT2D eigenvalue weighted by atomic mass is 10.3. The zero-order chi connectivity index (χ0) is 13.7. The first-order valence-electron chi connectivity index (χ1n) is 6.36. The quantitative estimate of drug-likeness (QED) is 0.723. The molecule has 0 amide bonds. The van der Waals surface area contributed by atoms with Gasteiger partial charge in [0.25, 0.3) is 0 Å². The van der Waals surface area contributed by atoms with E-state index < -0.39 is 0 Å². The zero-order valence-corrected chi connectivity index (χ0v) is 11.8. The fraction of sp³-hybridized carbons (Fsp3) is 0.333. The van der Waals surface area contributed by atoms with E-state index in [1.165, 1.54) is 4.88 Å². The monoisotopic (exact) mass is 287 g/mol. The number of nitrogens with two attached hydrogens (primary N) is 1. The van der Waals surface area contributed by atoms with Crippen LogP contribution in [0, 0.1) is 6.92 Å². The number of rotatable bonds is 1. The largest absolute Gasteiger partial charge is 0.368 e. The van der Waals surface area contributed by atoms with E-state index in [-0.39, 0.29) is 0 Å². The molecule has 2 N–H and O–H groups in total. The van der Waals surface area contributed by atoms with Gasteiger partial charge in [-0.1, -0.05) is 0 Å². The van der Waals surface area contributed by atoms with Crippen molar-refractivity contribution in [2.45, 2.75) is 20.0 Å². The van der Waals surface area contributed by atoms with E-state index in [4.69, 9.17) is 5.73 Å². The number of nitrogen functional groups attached to an aromatic ring is 1. The van der Waals surface area contributed by atoms with Gasteiger partial charge in [0.15, 0.2) is 5.82 Å². The predicted molar refractivity (Wildman–Crippen MR) is 77.6 cm³/mol. The Kier molecular flexibility index (Phi) is 2.40. The standard InChI is InChI=1S/C12H13N7S/c1-7-4-8-10(15-12(13)16-11(8)20-7)18-2-3-19-6-14-17-9(19)5-18/h4,6H,2-3,5H2,1H3,(H2,13,15,16). The number of hydrogen-bond donors (Lipinski definition) is 1. The van der Waals surface area contributed by atoms with Crippen molar-refractivity contribution < 1.29 is 0 Å². The van der Waals surface area contributed by atoms with Gasteiger partial charge in [0.05, 0.1) is 11.9 Å². The maximum Gasteiger partial charge on any atom is 0.223 e. The van der Waals surface area contributed by atoms with E-state index in [1.54, 1.807) is 17.7 Å². The lowest BCUT2D eigenvalue weighted by molar-refractivity contribution is 0.557. The van der Waals surface area contributed by atoms with E-state index in [0.717, 1.165) is 34.9 Å². The molecule has 3 aromatic heterocycles. The number of anilines is 2. The van der Waals surface area contributed by atoms with Crippen LogP contribution in [0.4, 0.5) is 11.8 Å². The number of aryl methyl sites for hydroxylation is 1. The van der Waals surface area contributed by atoms with Gasteiger partial charge in [-0.2, -0.15) is 4.98 Å². The van der Waals surface area contributed by atoms with Crippen LogP contribution in [0.1, 0.15) is 10.7 Å². The highest BCUT2D eigenvalue weighted by atomic mass is 32.1. The van der Waals surface area contributed by atoms with Crippen LogP contribution in [-0.2, 0) is 13.1 Å². The van der Waals surface area contributed by atoms with Crippen LogP contribution in [0.3, 0.4) is 0 Å². The van der Waals surface area contributed by atoms with Gasteiger partial charge in [-0.15, -0.1) is 21.5 Å². The minimum Gasteiger partial charge on any atom is -0.368 e. The molecule has 7 nitrogen and oxygen atoms in total. The summed E-state index contributed by atoms with van der Waals surface area (Å²) in [7, 11) is 0. The summed E-state index contributed by atoms with van der Waals surface area (Å²) in [6.07, 6.45) is 1.77. The van der Waals surface area contributed by atoms with Gasteiger partial charge in [-0.05, 0) is 13.0 Å². The lowest BCUT2D eigenvalue weighted by Crippen LogP contribution is -2.34. The average Bonchev–Trinajstić information content (AvgIpc) is 3.01. The molecule has 0 saturated heterocycles. The molecule has 8 heteroatoms. The van der Waals surface area contributed by atoms with Gasteiger partial charge < -0.3 is 15.2 Å². The highest BCUT2D eigenvalue weighted by Gasteiger charge is 2.22. The molecule has 3 aromatic rings. The zero-order valence-electron chi connectivity index (χ0n) is 10.9. The van der Waals surface area contributed by atoms with E-state index in [9.17, 15) is 0 Å². The Morgan fingerprint density at radius 3 is 3.10 bits per heavy atom. The predicted octanol–water partition coefficient (Wildman–Crippen LogP) is 1.19. The molecule has 1 aliphatic heterocycles. The summed E-state index contributed by atoms with van der Waals surface area (Å²) in [5, 5.41) is 9.15. The number of thiophene rings is 1. The van der Waals surface area contributed by atoms with Crippen molar-refractivity contribution in [2.24, 2.45) is 0 Å². The van der Waals surface area contributed by atoms with Gasteiger partial charge >= 0.3 is 0 Å². The maximum absolute atomic E-state index is 5.84. The molecule has 0 spiro atoms. The third-order valence-electron chi connectivity index (χ3n) is 3.45. The second-order valence-electron chi connectivity index (χ2n) is 4.84. The highest BCUT2D eigenvalue weighted by Crippen LogP contribution is 2.32. The summed E-state index contributed by atoms with van der Waals surface area (Å²) >= 11 is 1.64. The van der Waals surface area contributed by atoms with Crippen LogP contribution in [0.5, 0.6) is 0 Å². The second-order valence-corrected chi connectivity index (χ2v) is 6.08. The topological polar surface area (TPSA) is 85.8 Å². The van der Waals surface area contributed by atoms with Crippen molar-refractivity contribution >= 4 is 33.3 Å². The summed E-state index contributed by atoms with van der Waals surface area (Å²) in [4.78, 5) is 13.1. The lowest BCUT2D eigenvalue weighted by Gasteiger charge is -2.28. The van der Waals surface area contributed by atoms with Crippen molar-refractivity contribution in [1.29, 1.82) is 0 Å². The Hall–Kier alpha value is -2.22. The fourth-order valence-electron chi connectivity index (χ4n) is 2.53. The summed E-state index contributed by atoms with van der Waals surface area (Å²) in [5.74, 6) is 2.17. The molecule has 0 atom stereocenters. The molecule has 0 fully saturated rings. The molecular weight excluding hydrogens is 274 g/mol. The molecule has 0 unspecified atom stereocenters. The van der Waals surface area contributed by atoms with Gasteiger partial charge in [-0.25, -0.2) is 4.98 Å². The minimum absolute atomic E-state index is 0.321. The number of fused-ring (bicyclic) bond motifs is 2. The van der Waals surface area contributed by atoms with E-state index in [2.05, 4.69) is 42.6 Å². The number of nitrogens with zero attached hydrogens (tertiary/aromatic N) is 6. The first kappa shape index (κ1) is 11.6. The molecule has 0 aromatic carbocycles. The van der Waals surface area contributed by atoms with Gasteiger partial charge in [0.1, 0.15) is 17.0 Å². The van der Waals surface area contributed by atoms with E-state index in [1.807, 2.05) is 0 Å². The second kappa shape index (κ2) is 4.14. The van der Waals surface area contributed by atoms with Crippen molar-refractivity contribution in [3.05, 3.63) is 23.1 Å². The Labute approximate surface area is 119 Å². The molecule has 0 saturated carbocycles. The fourth-order valence-corrected chi connectivity index (χ4v) is 3.41. The maximum atomic E-state index is 5.84. The SMILES string of the molecule is Cc1cc2c(N3CCn4cnnc4C3)nc(N)nc2s1. The highest BCUT2D eigenvalue weighted by molar-refractivity contribution is 7.18. The molecule has 20 heavy (non-hydrogen) atoms. The van der Waals surface area contributed by atoms with E-state index >= 15 is 0 Å². The summed E-state index contributed by atoms with van der Waals surface area (Å²) in [6.45, 7) is 4.49. The summed E-state index contributed by atoms with van der Waals surface area (Å²) < 4.78 is 2.07. The molecule has 0 bridgehead atoms. The van der Waals surface area contributed by atoms with Crippen molar-refractivity contribution in [3.63, 3.8) is 0 Å². The smallest absolute Gasteiger partial charge is 0.223 e. The first-order valence-corrected chi connectivity index (χ1v) is 7.17. The molecule has 102 valence electrons. The Bertz CT molecular complexity index is 790. The Balaban J connectivity index is 1.82. The van der Waals surface area contributed by atoms with Crippen LogP contribution < -0.4 is 10.6 Å². The van der Waals surface area contributed by atoms with Crippen molar-refractivity contribution in [3.8, 4) is 0 Å². The first-order chi connectivity index (χ1) is 9.70. The Morgan fingerprint density at radius 1 is 1.30 bits per heavy atom. The summed E-state index contributed by atoms with van der Waals surface area (Å²) in [6, 6.07) is 2.12. The van der Waals surface area contributed by atoms with Crippen LogP contribution in [0.25, 0.3) is 10.2 Å². The van der Waals surface area contributed by atoms with Gasteiger partial charge in [0.2, 0.25) is 5.95 Å².